The second-order valence-electron chi connectivity index (χ2n) is 5.75. The molecule has 21 heavy (non-hydrogen) atoms. The first kappa shape index (κ1) is 16.2. The quantitative estimate of drug-likeness (QED) is 0.906. The first-order valence-electron chi connectivity index (χ1n) is 7.43. The normalized spacial score (nSPS) is 21.5. The van der Waals surface area contributed by atoms with Crippen LogP contribution in [0.15, 0.2) is 18.2 Å². The average molecular weight is 297 g/mol. The predicted octanol–water partition coefficient (Wildman–Crippen LogP) is 2.37. The first-order chi connectivity index (χ1) is 9.97. The van der Waals surface area contributed by atoms with Gasteiger partial charge < -0.3 is 14.6 Å². The average Bonchev–Trinajstić information content (AvgIpc) is 2.45. The minimum atomic E-state index is -0.819. The number of aliphatic hydroxyl groups is 1. The minimum absolute atomic E-state index is 0.000605. The first-order valence-corrected chi connectivity index (χ1v) is 7.43. The van der Waals surface area contributed by atoms with Crippen molar-refractivity contribution in [1.82, 2.24) is 4.90 Å². The van der Waals surface area contributed by atoms with Crippen LogP contribution in [0.3, 0.4) is 0 Å². The molecule has 1 N–H and O–H groups in total. The van der Waals surface area contributed by atoms with Gasteiger partial charge in [-0.25, -0.2) is 4.39 Å². The van der Waals surface area contributed by atoms with Gasteiger partial charge in [-0.15, -0.1) is 0 Å². The van der Waals surface area contributed by atoms with Crippen LogP contribution in [0.4, 0.5) is 4.39 Å². The summed E-state index contributed by atoms with van der Waals surface area (Å²) in [7, 11) is 0. The van der Waals surface area contributed by atoms with Crippen molar-refractivity contribution in [2.45, 2.75) is 39.0 Å². The molecule has 118 valence electrons. The van der Waals surface area contributed by atoms with E-state index in [2.05, 4.69) is 18.7 Å². The number of rotatable bonds is 5. The highest BCUT2D eigenvalue weighted by Crippen LogP contribution is 2.22. The van der Waals surface area contributed by atoms with Crippen LogP contribution >= 0.6 is 0 Å². The van der Waals surface area contributed by atoms with E-state index in [0.717, 1.165) is 13.1 Å². The molecule has 4 nitrogen and oxygen atoms in total. The van der Waals surface area contributed by atoms with Gasteiger partial charge in [0.05, 0.1) is 12.7 Å². The number of aliphatic hydroxyl groups excluding tert-OH is 1. The number of hydrogen-bond acceptors (Lipinski definition) is 4. The predicted molar refractivity (Wildman–Crippen MR) is 79.0 cm³/mol. The lowest BCUT2D eigenvalue weighted by Gasteiger charge is -2.35. The summed E-state index contributed by atoms with van der Waals surface area (Å²) in [6.07, 6.45) is -0.819. The Morgan fingerprint density at radius 1 is 1.43 bits per heavy atom. The fraction of sp³-hybridized carbons (Fsp3) is 0.625. The number of nitrogens with zero attached hydrogens (tertiary/aromatic N) is 1. The van der Waals surface area contributed by atoms with Crippen LogP contribution < -0.4 is 4.74 Å². The Morgan fingerprint density at radius 3 is 2.81 bits per heavy atom. The lowest BCUT2D eigenvalue weighted by atomic mass is 10.1. The van der Waals surface area contributed by atoms with E-state index in [9.17, 15) is 9.50 Å². The Balaban J connectivity index is 1.89. The Labute approximate surface area is 125 Å². The molecule has 2 atom stereocenters. The molecule has 1 heterocycles. The lowest BCUT2D eigenvalue weighted by Crippen LogP contribution is -2.47. The van der Waals surface area contributed by atoms with Crippen LogP contribution in [-0.4, -0.2) is 48.5 Å². The minimum Gasteiger partial charge on any atom is -0.491 e. The summed E-state index contributed by atoms with van der Waals surface area (Å²) in [5.41, 5.74) is 0.280. The van der Waals surface area contributed by atoms with Gasteiger partial charge in [0.2, 0.25) is 0 Å². The van der Waals surface area contributed by atoms with Crippen LogP contribution in [0.1, 0.15) is 32.4 Å². The molecule has 1 unspecified atom stereocenters. The second-order valence-corrected chi connectivity index (χ2v) is 5.75. The van der Waals surface area contributed by atoms with Crippen molar-refractivity contribution >= 4 is 0 Å². The van der Waals surface area contributed by atoms with Crippen molar-refractivity contribution in [3.8, 4) is 5.75 Å². The molecule has 0 aliphatic carbocycles. The third-order valence-electron chi connectivity index (χ3n) is 3.76. The smallest absolute Gasteiger partial charge is 0.132 e. The maximum Gasteiger partial charge on any atom is 0.132 e. The van der Waals surface area contributed by atoms with Gasteiger partial charge in [-0.1, -0.05) is 0 Å². The summed E-state index contributed by atoms with van der Waals surface area (Å²) in [6, 6.07) is 5.02. The van der Waals surface area contributed by atoms with Crippen molar-refractivity contribution in [3.05, 3.63) is 29.6 Å². The number of morpholine rings is 1. The number of halogens is 1. The summed E-state index contributed by atoms with van der Waals surface area (Å²) in [5.74, 6) is 0.0121. The van der Waals surface area contributed by atoms with E-state index in [1.165, 1.54) is 13.0 Å². The van der Waals surface area contributed by atoms with E-state index in [1.807, 2.05) is 0 Å². The zero-order valence-electron chi connectivity index (χ0n) is 12.9. The van der Waals surface area contributed by atoms with Gasteiger partial charge in [0.25, 0.3) is 0 Å². The van der Waals surface area contributed by atoms with Crippen LogP contribution in [0.2, 0.25) is 0 Å². The van der Waals surface area contributed by atoms with Gasteiger partial charge >= 0.3 is 0 Å². The van der Waals surface area contributed by atoms with Crippen molar-refractivity contribution in [2.24, 2.45) is 0 Å². The molecule has 1 aliphatic rings. The molecule has 0 spiro atoms. The fourth-order valence-electron chi connectivity index (χ4n) is 2.44. The molecule has 1 fully saturated rings. The van der Waals surface area contributed by atoms with Gasteiger partial charge in [-0.05, 0) is 32.9 Å². The van der Waals surface area contributed by atoms with Crippen LogP contribution in [0, 0.1) is 5.82 Å². The molecule has 0 amide bonds. The third-order valence-corrected chi connectivity index (χ3v) is 3.76. The standard InChI is InChI=1S/C16H24FNO3/c1-11(2)18-6-7-20-14(9-18)10-21-13-4-5-15(12(3)19)16(17)8-13/h4-5,8,11-12,14,19H,6-7,9-10H2,1-3H3/t12-,14?/m1/s1. The molecule has 1 saturated heterocycles. The van der Waals surface area contributed by atoms with Crippen molar-refractivity contribution < 1.29 is 19.0 Å². The summed E-state index contributed by atoms with van der Waals surface area (Å²) in [5, 5.41) is 9.40. The van der Waals surface area contributed by atoms with Gasteiger partial charge in [0.15, 0.2) is 0 Å². The molecule has 1 aliphatic heterocycles. The second kappa shape index (κ2) is 7.20. The van der Waals surface area contributed by atoms with E-state index in [1.54, 1.807) is 12.1 Å². The van der Waals surface area contributed by atoms with E-state index in [4.69, 9.17) is 9.47 Å². The summed E-state index contributed by atoms with van der Waals surface area (Å²) in [4.78, 5) is 2.34. The van der Waals surface area contributed by atoms with Crippen LogP contribution in [0.25, 0.3) is 0 Å². The third kappa shape index (κ3) is 4.40. The Morgan fingerprint density at radius 2 is 2.19 bits per heavy atom. The Bertz CT molecular complexity index is 465. The lowest BCUT2D eigenvalue weighted by molar-refractivity contribution is -0.0564. The van der Waals surface area contributed by atoms with E-state index in [-0.39, 0.29) is 11.7 Å². The Hall–Kier alpha value is -1.17. The van der Waals surface area contributed by atoms with Gasteiger partial charge in [0, 0.05) is 30.8 Å². The molecule has 0 aromatic heterocycles. The highest BCUT2D eigenvalue weighted by Gasteiger charge is 2.22. The highest BCUT2D eigenvalue weighted by molar-refractivity contribution is 5.30. The molecular formula is C16H24FNO3. The molecule has 2 rings (SSSR count). The van der Waals surface area contributed by atoms with E-state index in [0.29, 0.717) is 25.0 Å². The van der Waals surface area contributed by atoms with E-state index >= 15 is 0 Å². The number of benzene rings is 1. The molecule has 0 bridgehead atoms. The summed E-state index contributed by atoms with van der Waals surface area (Å²) < 4.78 is 25.0. The zero-order valence-corrected chi connectivity index (χ0v) is 12.9. The van der Waals surface area contributed by atoms with Gasteiger partial charge in [-0.3, -0.25) is 4.90 Å². The van der Waals surface area contributed by atoms with Crippen LogP contribution in [-0.2, 0) is 4.74 Å². The van der Waals surface area contributed by atoms with Gasteiger partial charge in [0.1, 0.15) is 24.3 Å². The SMILES string of the molecule is CC(C)N1CCOC(COc2ccc([C@@H](C)O)c(F)c2)C1. The zero-order chi connectivity index (χ0) is 15.4. The van der Waals surface area contributed by atoms with Crippen molar-refractivity contribution in [2.75, 3.05) is 26.3 Å². The van der Waals surface area contributed by atoms with Gasteiger partial charge in [-0.2, -0.15) is 0 Å². The molecule has 1 aromatic carbocycles. The van der Waals surface area contributed by atoms with Crippen molar-refractivity contribution in [3.63, 3.8) is 0 Å². The molecule has 1 aromatic rings. The largest absolute Gasteiger partial charge is 0.491 e. The topological polar surface area (TPSA) is 41.9 Å². The molecule has 0 radical (unpaired) electrons. The molecule has 5 heteroatoms. The maximum atomic E-state index is 13.8. The Kier molecular flexibility index (Phi) is 5.56. The molecular weight excluding hydrogens is 273 g/mol. The van der Waals surface area contributed by atoms with E-state index < -0.39 is 11.9 Å². The van der Waals surface area contributed by atoms with Crippen LogP contribution in [0.5, 0.6) is 5.75 Å². The fourth-order valence-corrected chi connectivity index (χ4v) is 2.44. The number of ether oxygens (including phenoxy) is 2. The summed E-state index contributed by atoms with van der Waals surface area (Å²) >= 11 is 0. The maximum absolute atomic E-state index is 13.8. The monoisotopic (exact) mass is 297 g/mol. The number of hydrogen-bond donors (Lipinski definition) is 1. The molecule has 0 saturated carbocycles. The van der Waals surface area contributed by atoms with Crippen molar-refractivity contribution in [1.29, 1.82) is 0 Å². The highest BCUT2D eigenvalue weighted by atomic mass is 19.1. The summed E-state index contributed by atoms with van der Waals surface area (Å²) in [6.45, 7) is 8.71.